The molecule has 5 rings (SSSR count). The molecular weight excluding hydrogens is 326 g/mol. The Morgan fingerprint density at radius 2 is 1.84 bits per heavy atom. The molecule has 0 saturated heterocycles. The van der Waals surface area contributed by atoms with Crippen LogP contribution >= 0.6 is 11.6 Å². The molecule has 124 valence electrons. The van der Waals surface area contributed by atoms with E-state index in [4.69, 9.17) is 11.6 Å². The third-order valence-corrected chi connectivity index (χ3v) is 6.01. The minimum absolute atomic E-state index is 0.318. The van der Waals surface area contributed by atoms with Crippen LogP contribution in [0, 0.1) is 12.8 Å². The van der Waals surface area contributed by atoms with E-state index in [1.54, 1.807) is 0 Å². The summed E-state index contributed by atoms with van der Waals surface area (Å²) in [5, 5.41) is 7.37. The summed E-state index contributed by atoms with van der Waals surface area (Å²) in [6.45, 7) is 2.15. The standard InChI is InChI=1S/C23H20ClN/c1-14-12-16(24)13-21-18-9-5-11-20(18)23(25-22(14)21)19-10-4-7-15-6-2-3-8-17(15)19/h2-10,12-13,18,20,23,25H,11H2,1H3/t18-,20+,23-/m1/s1. The fourth-order valence-electron chi connectivity index (χ4n) is 4.67. The molecule has 1 N–H and O–H groups in total. The summed E-state index contributed by atoms with van der Waals surface area (Å²) >= 11 is 6.35. The Bertz CT molecular complexity index is 999. The number of benzene rings is 3. The SMILES string of the molecule is Cc1cc(Cl)cc2c1N[C@H](c1cccc3ccccc13)[C@H]1CC=C[C@@H]21. The molecule has 0 radical (unpaired) electrons. The van der Waals surface area contributed by atoms with E-state index in [1.807, 2.05) is 0 Å². The van der Waals surface area contributed by atoms with Gasteiger partial charge in [0.1, 0.15) is 0 Å². The Kier molecular flexibility index (Phi) is 3.39. The van der Waals surface area contributed by atoms with Gasteiger partial charge in [-0.25, -0.2) is 0 Å². The first kappa shape index (κ1) is 15.0. The number of hydrogen-bond donors (Lipinski definition) is 1. The van der Waals surface area contributed by atoms with Crippen LogP contribution < -0.4 is 5.32 Å². The van der Waals surface area contributed by atoms with Crippen LogP contribution in [0.25, 0.3) is 10.8 Å². The summed E-state index contributed by atoms with van der Waals surface area (Å²) in [5.41, 5.74) is 5.23. The van der Waals surface area contributed by atoms with Crippen LogP contribution in [-0.4, -0.2) is 0 Å². The van der Waals surface area contributed by atoms with Crippen LogP contribution in [0.2, 0.25) is 5.02 Å². The zero-order valence-corrected chi connectivity index (χ0v) is 14.9. The molecule has 25 heavy (non-hydrogen) atoms. The maximum Gasteiger partial charge on any atom is 0.0560 e. The highest BCUT2D eigenvalue weighted by Gasteiger charge is 2.39. The summed E-state index contributed by atoms with van der Waals surface area (Å²) in [6, 6.07) is 19.9. The zero-order chi connectivity index (χ0) is 17.0. The van der Waals surface area contributed by atoms with Gasteiger partial charge in [-0.1, -0.05) is 66.2 Å². The van der Waals surface area contributed by atoms with Crippen LogP contribution in [0.1, 0.15) is 35.1 Å². The summed E-state index contributed by atoms with van der Waals surface area (Å²) in [5.74, 6) is 0.980. The molecule has 0 aromatic heterocycles. The summed E-state index contributed by atoms with van der Waals surface area (Å²) in [4.78, 5) is 0. The van der Waals surface area contributed by atoms with Gasteiger partial charge in [-0.3, -0.25) is 0 Å². The predicted octanol–water partition coefficient (Wildman–Crippen LogP) is 6.63. The van der Waals surface area contributed by atoms with Crippen molar-refractivity contribution in [3.63, 3.8) is 0 Å². The van der Waals surface area contributed by atoms with Crippen LogP contribution in [-0.2, 0) is 0 Å². The van der Waals surface area contributed by atoms with Gasteiger partial charge in [0.15, 0.2) is 0 Å². The van der Waals surface area contributed by atoms with Gasteiger partial charge in [0.2, 0.25) is 0 Å². The monoisotopic (exact) mass is 345 g/mol. The van der Waals surface area contributed by atoms with Crippen LogP contribution in [0.5, 0.6) is 0 Å². The zero-order valence-electron chi connectivity index (χ0n) is 14.2. The van der Waals surface area contributed by atoms with Crippen molar-refractivity contribution in [1.29, 1.82) is 0 Å². The first-order valence-electron chi connectivity index (χ1n) is 8.93. The molecule has 2 heteroatoms. The van der Waals surface area contributed by atoms with Gasteiger partial charge in [0.05, 0.1) is 6.04 Å². The van der Waals surface area contributed by atoms with Gasteiger partial charge >= 0.3 is 0 Å². The van der Waals surface area contributed by atoms with Crippen LogP contribution in [0.15, 0.2) is 66.7 Å². The Morgan fingerprint density at radius 1 is 1.00 bits per heavy atom. The molecule has 1 nitrogen and oxygen atoms in total. The van der Waals surface area contributed by atoms with Crippen molar-refractivity contribution < 1.29 is 0 Å². The number of allylic oxidation sites excluding steroid dienone is 2. The normalized spacial score (nSPS) is 24.0. The van der Waals surface area contributed by atoms with Crippen molar-refractivity contribution in [1.82, 2.24) is 0 Å². The molecule has 0 spiro atoms. The van der Waals surface area contributed by atoms with E-state index in [9.17, 15) is 0 Å². The minimum Gasteiger partial charge on any atom is -0.377 e. The second-order valence-corrected chi connectivity index (χ2v) is 7.67. The molecule has 3 aromatic carbocycles. The van der Waals surface area contributed by atoms with E-state index in [-0.39, 0.29) is 0 Å². The number of aryl methyl sites for hydroxylation is 1. The Hall–Kier alpha value is -2.25. The van der Waals surface area contributed by atoms with Gasteiger partial charge in [-0.2, -0.15) is 0 Å². The molecule has 0 saturated carbocycles. The molecule has 1 heterocycles. The second kappa shape index (κ2) is 5.64. The molecular formula is C23H20ClN. The maximum atomic E-state index is 6.35. The lowest BCUT2D eigenvalue weighted by Gasteiger charge is -2.39. The summed E-state index contributed by atoms with van der Waals surface area (Å²) in [7, 11) is 0. The van der Waals surface area contributed by atoms with Gasteiger partial charge in [-0.05, 0) is 58.9 Å². The average molecular weight is 346 g/mol. The number of fused-ring (bicyclic) bond motifs is 4. The molecule has 3 atom stereocenters. The molecule has 0 bridgehead atoms. The number of halogens is 1. The molecule has 2 aliphatic rings. The molecule has 1 aliphatic heterocycles. The lowest BCUT2D eigenvalue weighted by molar-refractivity contribution is 0.427. The lowest BCUT2D eigenvalue weighted by Crippen LogP contribution is -2.29. The molecule has 1 aliphatic carbocycles. The highest BCUT2D eigenvalue weighted by Crippen LogP contribution is 2.52. The maximum absolute atomic E-state index is 6.35. The third-order valence-electron chi connectivity index (χ3n) is 5.79. The van der Waals surface area contributed by atoms with E-state index in [1.165, 1.54) is 33.2 Å². The van der Waals surface area contributed by atoms with Gasteiger partial charge in [0, 0.05) is 16.6 Å². The van der Waals surface area contributed by atoms with Gasteiger partial charge < -0.3 is 5.32 Å². The minimum atomic E-state index is 0.318. The van der Waals surface area contributed by atoms with Crippen LogP contribution in [0.3, 0.4) is 0 Å². The van der Waals surface area contributed by atoms with Crippen molar-refractivity contribution in [2.45, 2.75) is 25.3 Å². The first-order chi connectivity index (χ1) is 12.2. The quantitative estimate of drug-likeness (QED) is 0.488. The predicted molar refractivity (Wildman–Crippen MR) is 106 cm³/mol. The summed E-state index contributed by atoms with van der Waals surface area (Å²) in [6.07, 6.45) is 5.81. The highest BCUT2D eigenvalue weighted by molar-refractivity contribution is 6.30. The Balaban J connectivity index is 1.70. The average Bonchev–Trinajstić information content (AvgIpc) is 3.11. The van der Waals surface area contributed by atoms with E-state index < -0.39 is 0 Å². The van der Waals surface area contributed by atoms with Crippen molar-refractivity contribution in [3.8, 4) is 0 Å². The van der Waals surface area contributed by atoms with E-state index in [2.05, 4.69) is 79.0 Å². The van der Waals surface area contributed by atoms with Crippen molar-refractivity contribution >= 4 is 28.1 Å². The largest absolute Gasteiger partial charge is 0.377 e. The smallest absolute Gasteiger partial charge is 0.0560 e. The second-order valence-electron chi connectivity index (χ2n) is 7.23. The number of anilines is 1. The fraction of sp³-hybridized carbons (Fsp3) is 0.217. The van der Waals surface area contributed by atoms with Crippen LogP contribution in [0.4, 0.5) is 5.69 Å². The van der Waals surface area contributed by atoms with Gasteiger partial charge in [-0.15, -0.1) is 0 Å². The Labute approximate surface area is 153 Å². The molecule has 0 unspecified atom stereocenters. The fourth-order valence-corrected chi connectivity index (χ4v) is 4.95. The molecule has 0 amide bonds. The van der Waals surface area contributed by atoms with Crippen molar-refractivity contribution in [3.05, 3.63) is 88.5 Å². The Morgan fingerprint density at radius 3 is 2.76 bits per heavy atom. The van der Waals surface area contributed by atoms with Crippen molar-refractivity contribution in [2.24, 2.45) is 5.92 Å². The lowest BCUT2D eigenvalue weighted by atomic mass is 9.75. The molecule has 3 aromatic rings. The number of hydrogen-bond acceptors (Lipinski definition) is 1. The topological polar surface area (TPSA) is 12.0 Å². The number of nitrogens with one attached hydrogen (secondary N) is 1. The van der Waals surface area contributed by atoms with E-state index in [0.717, 1.165) is 11.4 Å². The van der Waals surface area contributed by atoms with Crippen molar-refractivity contribution in [2.75, 3.05) is 5.32 Å². The molecule has 0 fully saturated rings. The highest BCUT2D eigenvalue weighted by atomic mass is 35.5. The number of rotatable bonds is 1. The van der Waals surface area contributed by atoms with E-state index >= 15 is 0 Å². The first-order valence-corrected chi connectivity index (χ1v) is 9.31. The van der Waals surface area contributed by atoms with Gasteiger partial charge in [0.25, 0.3) is 0 Å². The van der Waals surface area contributed by atoms with E-state index in [0.29, 0.717) is 17.9 Å². The summed E-state index contributed by atoms with van der Waals surface area (Å²) < 4.78 is 0. The third kappa shape index (κ3) is 2.30.